The molecule has 1 atom stereocenters. The first-order chi connectivity index (χ1) is 7.65. The summed E-state index contributed by atoms with van der Waals surface area (Å²) >= 11 is 7.41. The molecular formula is C11H18ClN3S. The van der Waals surface area contributed by atoms with Crippen LogP contribution in [0.25, 0.3) is 0 Å². The summed E-state index contributed by atoms with van der Waals surface area (Å²) in [7, 11) is 0. The maximum Gasteiger partial charge on any atom is 0.190 e. The van der Waals surface area contributed by atoms with E-state index in [2.05, 4.69) is 29.1 Å². The summed E-state index contributed by atoms with van der Waals surface area (Å²) in [6.45, 7) is 4.35. The zero-order valence-electron chi connectivity index (χ0n) is 9.96. The number of hydrogen-bond donors (Lipinski definition) is 1. The molecular weight excluding hydrogens is 242 g/mol. The lowest BCUT2D eigenvalue weighted by Crippen LogP contribution is -2.16. The van der Waals surface area contributed by atoms with Crippen molar-refractivity contribution in [2.24, 2.45) is 0 Å². The summed E-state index contributed by atoms with van der Waals surface area (Å²) in [5.41, 5.74) is 0. The molecule has 1 aromatic heterocycles. The minimum atomic E-state index is 0.417. The van der Waals surface area contributed by atoms with Crippen LogP contribution in [0, 0.1) is 0 Å². The molecule has 0 fully saturated rings. The minimum Gasteiger partial charge on any atom is -0.367 e. The summed E-state index contributed by atoms with van der Waals surface area (Å²) in [6.07, 6.45) is 5.53. The first-order valence-electron chi connectivity index (χ1n) is 5.50. The molecule has 0 aliphatic carbocycles. The van der Waals surface area contributed by atoms with Crippen LogP contribution in [-0.2, 0) is 0 Å². The minimum absolute atomic E-state index is 0.417. The van der Waals surface area contributed by atoms with Crippen LogP contribution in [0.2, 0.25) is 5.15 Å². The fourth-order valence-electron chi connectivity index (χ4n) is 1.40. The van der Waals surface area contributed by atoms with Gasteiger partial charge in [0.2, 0.25) is 0 Å². The first-order valence-corrected chi connectivity index (χ1v) is 7.11. The largest absolute Gasteiger partial charge is 0.367 e. The zero-order valence-corrected chi connectivity index (χ0v) is 11.5. The summed E-state index contributed by atoms with van der Waals surface area (Å²) in [5.74, 6) is 0.813. The average Bonchev–Trinajstić information content (AvgIpc) is 2.25. The van der Waals surface area contributed by atoms with E-state index in [0.717, 1.165) is 12.2 Å². The lowest BCUT2D eigenvalue weighted by Gasteiger charge is -2.14. The summed E-state index contributed by atoms with van der Waals surface area (Å²) in [5, 5.41) is 4.54. The molecule has 0 saturated carbocycles. The van der Waals surface area contributed by atoms with Gasteiger partial charge in [0.25, 0.3) is 0 Å². The van der Waals surface area contributed by atoms with Crippen LogP contribution in [0.4, 0.5) is 5.82 Å². The van der Waals surface area contributed by atoms with E-state index >= 15 is 0 Å². The second kappa shape index (κ2) is 6.97. The maximum atomic E-state index is 5.91. The van der Waals surface area contributed by atoms with Crippen molar-refractivity contribution in [1.29, 1.82) is 0 Å². The van der Waals surface area contributed by atoms with E-state index in [-0.39, 0.29) is 0 Å². The van der Waals surface area contributed by atoms with E-state index in [1.54, 1.807) is 6.07 Å². The molecule has 0 bridgehead atoms. The number of thioether (sulfide) groups is 1. The van der Waals surface area contributed by atoms with Crippen molar-refractivity contribution >= 4 is 29.2 Å². The lowest BCUT2D eigenvalue weighted by molar-refractivity contribution is 0.642. The van der Waals surface area contributed by atoms with Gasteiger partial charge in [-0.25, -0.2) is 9.97 Å². The van der Waals surface area contributed by atoms with Crippen LogP contribution >= 0.6 is 23.4 Å². The summed E-state index contributed by atoms with van der Waals surface area (Å²) < 4.78 is 0. The molecule has 1 aromatic rings. The van der Waals surface area contributed by atoms with Crippen LogP contribution in [0.15, 0.2) is 11.2 Å². The van der Waals surface area contributed by atoms with E-state index in [9.17, 15) is 0 Å². The van der Waals surface area contributed by atoms with Crippen molar-refractivity contribution in [1.82, 2.24) is 9.97 Å². The summed E-state index contributed by atoms with van der Waals surface area (Å²) in [4.78, 5) is 8.46. The Kier molecular flexibility index (Phi) is 5.91. The smallest absolute Gasteiger partial charge is 0.190 e. The predicted molar refractivity (Wildman–Crippen MR) is 71.4 cm³/mol. The average molecular weight is 260 g/mol. The Morgan fingerprint density at radius 3 is 2.88 bits per heavy atom. The van der Waals surface area contributed by atoms with Crippen molar-refractivity contribution in [3.8, 4) is 0 Å². The molecule has 1 rings (SSSR count). The molecule has 0 aliphatic rings. The van der Waals surface area contributed by atoms with E-state index in [1.807, 2.05) is 6.26 Å². The van der Waals surface area contributed by atoms with E-state index in [4.69, 9.17) is 11.6 Å². The Balaban J connectivity index is 2.61. The number of anilines is 1. The highest BCUT2D eigenvalue weighted by Gasteiger charge is 2.05. The Bertz CT molecular complexity index is 333. The number of hydrogen-bond acceptors (Lipinski definition) is 4. The Morgan fingerprint density at radius 2 is 2.25 bits per heavy atom. The number of nitrogens with zero attached hydrogens (tertiary/aromatic N) is 2. The normalized spacial score (nSPS) is 12.5. The van der Waals surface area contributed by atoms with Crippen molar-refractivity contribution in [3.63, 3.8) is 0 Å². The molecule has 3 nitrogen and oxygen atoms in total. The van der Waals surface area contributed by atoms with E-state index in [1.165, 1.54) is 24.6 Å². The van der Waals surface area contributed by atoms with Crippen molar-refractivity contribution in [2.75, 3.05) is 11.6 Å². The van der Waals surface area contributed by atoms with E-state index in [0.29, 0.717) is 16.4 Å². The van der Waals surface area contributed by atoms with Crippen molar-refractivity contribution < 1.29 is 0 Å². The first kappa shape index (κ1) is 13.6. The van der Waals surface area contributed by atoms with Crippen molar-refractivity contribution in [2.45, 2.75) is 44.3 Å². The van der Waals surface area contributed by atoms with Gasteiger partial charge in [-0.05, 0) is 19.6 Å². The number of rotatable bonds is 6. The molecule has 0 radical (unpaired) electrons. The molecule has 16 heavy (non-hydrogen) atoms. The molecule has 0 aromatic carbocycles. The van der Waals surface area contributed by atoms with Crippen LogP contribution in [0.5, 0.6) is 0 Å². The maximum absolute atomic E-state index is 5.91. The van der Waals surface area contributed by atoms with Crippen LogP contribution in [-0.4, -0.2) is 22.3 Å². The number of unbranched alkanes of at least 4 members (excludes halogenated alkanes) is 1. The molecule has 0 saturated heterocycles. The Labute approximate surface area is 106 Å². The molecule has 0 amide bonds. The van der Waals surface area contributed by atoms with Crippen LogP contribution in [0.3, 0.4) is 0 Å². The quantitative estimate of drug-likeness (QED) is 0.479. The zero-order chi connectivity index (χ0) is 12.0. The molecule has 1 heterocycles. The van der Waals surface area contributed by atoms with Gasteiger partial charge in [0.15, 0.2) is 5.16 Å². The van der Waals surface area contributed by atoms with Gasteiger partial charge < -0.3 is 5.32 Å². The number of nitrogens with one attached hydrogen (secondary N) is 1. The molecule has 0 aliphatic heterocycles. The van der Waals surface area contributed by atoms with Crippen LogP contribution < -0.4 is 5.32 Å². The van der Waals surface area contributed by atoms with Gasteiger partial charge in [0.05, 0.1) is 0 Å². The Hall–Kier alpha value is -0.480. The molecule has 0 spiro atoms. The molecule has 1 N–H and O–H groups in total. The van der Waals surface area contributed by atoms with Gasteiger partial charge in [-0.2, -0.15) is 0 Å². The fourth-order valence-corrected chi connectivity index (χ4v) is 2.01. The Morgan fingerprint density at radius 1 is 1.50 bits per heavy atom. The highest BCUT2D eigenvalue weighted by atomic mass is 35.5. The van der Waals surface area contributed by atoms with Crippen molar-refractivity contribution in [3.05, 3.63) is 11.2 Å². The number of halogens is 1. The van der Waals surface area contributed by atoms with Gasteiger partial charge in [-0.1, -0.05) is 43.1 Å². The fraction of sp³-hybridized carbons (Fsp3) is 0.636. The second-order valence-corrected chi connectivity index (χ2v) is 4.91. The van der Waals surface area contributed by atoms with E-state index < -0.39 is 0 Å². The third kappa shape index (κ3) is 4.58. The lowest BCUT2D eigenvalue weighted by atomic mass is 10.1. The predicted octanol–water partition coefficient (Wildman–Crippen LogP) is 3.84. The van der Waals surface area contributed by atoms with Crippen LogP contribution in [0.1, 0.15) is 33.1 Å². The van der Waals surface area contributed by atoms with Gasteiger partial charge in [-0.15, -0.1) is 0 Å². The SMILES string of the molecule is CCCCC(C)Nc1cc(Cl)nc(SC)n1. The molecule has 5 heteroatoms. The van der Waals surface area contributed by atoms with Gasteiger partial charge in [0.1, 0.15) is 11.0 Å². The number of aromatic nitrogens is 2. The topological polar surface area (TPSA) is 37.8 Å². The molecule has 1 unspecified atom stereocenters. The third-order valence-corrected chi connectivity index (χ3v) is 2.98. The summed E-state index contributed by atoms with van der Waals surface area (Å²) in [6, 6.07) is 2.18. The monoisotopic (exact) mass is 259 g/mol. The standard InChI is InChI=1S/C11H18ClN3S/c1-4-5-6-8(2)13-10-7-9(12)14-11(15-10)16-3/h7-8H,4-6H2,1-3H3,(H,13,14,15). The highest BCUT2D eigenvalue weighted by Crippen LogP contribution is 2.18. The second-order valence-electron chi connectivity index (χ2n) is 3.75. The van der Waals surface area contributed by atoms with Gasteiger partial charge in [-0.3, -0.25) is 0 Å². The third-order valence-electron chi connectivity index (χ3n) is 2.24. The highest BCUT2D eigenvalue weighted by molar-refractivity contribution is 7.98. The van der Waals surface area contributed by atoms with Gasteiger partial charge in [0, 0.05) is 12.1 Å². The van der Waals surface area contributed by atoms with Gasteiger partial charge >= 0.3 is 0 Å². The molecule has 90 valence electrons.